The lowest BCUT2D eigenvalue weighted by Crippen LogP contribution is -1.98. The lowest BCUT2D eigenvalue weighted by Gasteiger charge is -2.04. The summed E-state index contributed by atoms with van der Waals surface area (Å²) in [6.07, 6.45) is 0.666. The molecule has 0 aliphatic carbocycles. The molecule has 18 heavy (non-hydrogen) atoms. The number of carbonyl (C=O) groups excluding carboxylic acids is 1. The molecule has 0 saturated heterocycles. The van der Waals surface area contributed by atoms with Gasteiger partial charge in [-0.25, -0.2) is 0 Å². The molecule has 0 spiro atoms. The third-order valence-electron chi connectivity index (χ3n) is 2.33. The van der Waals surface area contributed by atoms with Crippen molar-refractivity contribution in [2.45, 2.75) is 0 Å². The lowest BCUT2D eigenvalue weighted by atomic mass is 10.1. The standard InChI is InChI=1S/C15H10INO/c16-14-7-4-8-15(17-11-18)13(14)10-9-12-5-2-1-3-6-12/h1-8,11H,(H,17,18). The molecule has 0 saturated carbocycles. The number of halogens is 1. The topological polar surface area (TPSA) is 29.1 Å². The number of nitrogens with one attached hydrogen (secondary N) is 1. The van der Waals surface area contributed by atoms with Gasteiger partial charge in [-0.15, -0.1) is 0 Å². The van der Waals surface area contributed by atoms with E-state index in [-0.39, 0.29) is 0 Å². The predicted octanol–water partition coefficient (Wildman–Crippen LogP) is 3.26. The first-order chi connectivity index (χ1) is 8.81. The Kier molecular flexibility index (Phi) is 4.37. The van der Waals surface area contributed by atoms with Crippen LogP contribution in [0.4, 0.5) is 5.69 Å². The maximum atomic E-state index is 10.6. The molecular formula is C15H10INO. The number of hydrogen-bond acceptors (Lipinski definition) is 1. The van der Waals surface area contributed by atoms with E-state index in [4.69, 9.17) is 0 Å². The Balaban J connectivity index is 2.40. The van der Waals surface area contributed by atoms with Crippen LogP contribution >= 0.6 is 22.6 Å². The zero-order valence-electron chi connectivity index (χ0n) is 9.48. The van der Waals surface area contributed by atoms with Gasteiger partial charge in [-0.3, -0.25) is 4.79 Å². The summed E-state index contributed by atoms with van der Waals surface area (Å²) in [6, 6.07) is 15.5. The highest BCUT2D eigenvalue weighted by molar-refractivity contribution is 14.1. The van der Waals surface area contributed by atoms with E-state index in [0.717, 1.165) is 20.4 Å². The molecule has 0 atom stereocenters. The molecule has 2 aromatic rings. The van der Waals surface area contributed by atoms with Gasteiger partial charge in [-0.1, -0.05) is 36.1 Å². The molecule has 88 valence electrons. The fourth-order valence-corrected chi connectivity index (χ4v) is 2.12. The molecule has 0 unspecified atom stereocenters. The largest absolute Gasteiger partial charge is 0.328 e. The van der Waals surface area contributed by atoms with Gasteiger partial charge >= 0.3 is 0 Å². The van der Waals surface area contributed by atoms with Gasteiger partial charge in [0.05, 0.1) is 11.3 Å². The van der Waals surface area contributed by atoms with E-state index in [2.05, 4.69) is 39.7 Å². The number of amides is 1. The minimum Gasteiger partial charge on any atom is -0.328 e. The molecule has 0 aliphatic heterocycles. The quantitative estimate of drug-likeness (QED) is 0.504. The summed E-state index contributed by atoms with van der Waals surface area (Å²) >= 11 is 2.21. The maximum absolute atomic E-state index is 10.6. The molecular weight excluding hydrogens is 337 g/mol. The molecule has 0 radical (unpaired) electrons. The minimum absolute atomic E-state index is 0.666. The molecule has 0 heterocycles. The molecule has 1 N–H and O–H groups in total. The van der Waals surface area contributed by atoms with Crippen LogP contribution in [0.15, 0.2) is 48.5 Å². The third kappa shape index (κ3) is 3.11. The Labute approximate surface area is 120 Å². The molecule has 2 rings (SSSR count). The van der Waals surface area contributed by atoms with Crippen molar-refractivity contribution in [1.29, 1.82) is 0 Å². The monoisotopic (exact) mass is 347 g/mol. The average molecular weight is 347 g/mol. The zero-order chi connectivity index (χ0) is 12.8. The van der Waals surface area contributed by atoms with Crippen molar-refractivity contribution in [3.63, 3.8) is 0 Å². The molecule has 1 amide bonds. The van der Waals surface area contributed by atoms with Crippen molar-refractivity contribution in [2.24, 2.45) is 0 Å². The second kappa shape index (κ2) is 6.22. The highest BCUT2D eigenvalue weighted by Gasteiger charge is 2.02. The molecule has 2 nitrogen and oxygen atoms in total. The van der Waals surface area contributed by atoms with Crippen LogP contribution in [0.3, 0.4) is 0 Å². The van der Waals surface area contributed by atoms with Crippen molar-refractivity contribution in [1.82, 2.24) is 0 Å². The van der Waals surface area contributed by atoms with Crippen LogP contribution in [0.5, 0.6) is 0 Å². The number of anilines is 1. The molecule has 3 heteroatoms. The summed E-state index contributed by atoms with van der Waals surface area (Å²) in [7, 11) is 0. The van der Waals surface area contributed by atoms with Crippen LogP contribution in [-0.2, 0) is 4.79 Å². The highest BCUT2D eigenvalue weighted by atomic mass is 127. The molecule has 0 bridgehead atoms. The zero-order valence-corrected chi connectivity index (χ0v) is 11.6. The molecule has 0 fully saturated rings. The van der Waals surface area contributed by atoms with E-state index in [9.17, 15) is 4.79 Å². The second-order valence-electron chi connectivity index (χ2n) is 3.54. The smallest absolute Gasteiger partial charge is 0.211 e. The fraction of sp³-hybridized carbons (Fsp3) is 0. The van der Waals surface area contributed by atoms with Gasteiger partial charge in [-0.05, 0) is 46.9 Å². The van der Waals surface area contributed by atoms with E-state index in [1.165, 1.54) is 0 Å². The van der Waals surface area contributed by atoms with E-state index in [1.807, 2.05) is 48.5 Å². The Morgan fingerprint density at radius 2 is 1.78 bits per heavy atom. The number of hydrogen-bond donors (Lipinski definition) is 1. The van der Waals surface area contributed by atoms with Crippen molar-refractivity contribution in [3.05, 3.63) is 63.2 Å². The van der Waals surface area contributed by atoms with Crippen LogP contribution in [0, 0.1) is 15.4 Å². The first-order valence-corrected chi connectivity index (χ1v) is 6.45. The summed E-state index contributed by atoms with van der Waals surface area (Å²) in [4.78, 5) is 10.6. The minimum atomic E-state index is 0.666. The first-order valence-electron chi connectivity index (χ1n) is 5.37. The summed E-state index contributed by atoms with van der Waals surface area (Å²) in [5.74, 6) is 6.19. The maximum Gasteiger partial charge on any atom is 0.211 e. The fourth-order valence-electron chi connectivity index (χ4n) is 1.49. The van der Waals surface area contributed by atoms with E-state index in [0.29, 0.717) is 6.41 Å². The van der Waals surface area contributed by atoms with Gasteiger partial charge in [0, 0.05) is 9.13 Å². The van der Waals surface area contributed by atoms with Gasteiger partial charge in [0.1, 0.15) is 0 Å². The van der Waals surface area contributed by atoms with Crippen molar-refractivity contribution in [2.75, 3.05) is 5.32 Å². The third-order valence-corrected chi connectivity index (χ3v) is 3.23. The average Bonchev–Trinajstić information content (AvgIpc) is 2.40. The number of benzene rings is 2. The summed E-state index contributed by atoms with van der Waals surface area (Å²) < 4.78 is 1.02. The van der Waals surface area contributed by atoms with Crippen LogP contribution in [0.25, 0.3) is 0 Å². The number of carbonyl (C=O) groups is 1. The van der Waals surface area contributed by atoms with Gasteiger partial charge in [0.2, 0.25) is 6.41 Å². The lowest BCUT2D eigenvalue weighted by molar-refractivity contribution is -0.105. The normalized spacial score (nSPS) is 9.17. The summed E-state index contributed by atoms with van der Waals surface area (Å²) in [6.45, 7) is 0. The SMILES string of the molecule is O=CNc1cccc(I)c1C#Cc1ccccc1. The van der Waals surface area contributed by atoms with Crippen molar-refractivity contribution < 1.29 is 4.79 Å². The van der Waals surface area contributed by atoms with E-state index in [1.54, 1.807) is 0 Å². The Morgan fingerprint density at radius 1 is 1.00 bits per heavy atom. The number of rotatable bonds is 2. The summed E-state index contributed by atoms with van der Waals surface area (Å²) in [5.41, 5.74) is 2.53. The van der Waals surface area contributed by atoms with Crippen LogP contribution in [0.2, 0.25) is 0 Å². The highest BCUT2D eigenvalue weighted by Crippen LogP contribution is 2.20. The van der Waals surface area contributed by atoms with E-state index >= 15 is 0 Å². The van der Waals surface area contributed by atoms with Crippen LogP contribution in [-0.4, -0.2) is 6.41 Å². The Bertz CT molecular complexity index is 611. The molecule has 0 aromatic heterocycles. The van der Waals surface area contributed by atoms with E-state index < -0.39 is 0 Å². The first kappa shape index (κ1) is 12.7. The molecule has 2 aromatic carbocycles. The molecule has 0 aliphatic rings. The van der Waals surface area contributed by atoms with Gasteiger partial charge in [0.25, 0.3) is 0 Å². The van der Waals surface area contributed by atoms with Crippen molar-refractivity contribution >= 4 is 34.7 Å². The second-order valence-corrected chi connectivity index (χ2v) is 4.70. The van der Waals surface area contributed by atoms with Gasteiger partial charge < -0.3 is 5.32 Å². The van der Waals surface area contributed by atoms with Crippen LogP contribution < -0.4 is 5.32 Å². The van der Waals surface area contributed by atoms with Gasteiger partial charge in [0.15, 0.2) is 0 Å². The van der Waals surface area contributed by atoms with Crippen molar-refractivity contribution in [3.8, 4) is 11.8 Å². The Hall–Kier alpha value is -1.80. The predicted molar refractivity (Wildman–Crippen MR) is 81.3 cm³/mol. The Morgan fingerprint density at radius 3 is 2.50 bits per heavy atom. The van der Waals surface area contributed by atoms with Gasteiger partial charge in [-0.2, -0.15) is 0 Å². The van der Waals surface area contributed by atoms with Crippen LogP contribution in [0.1, 0.15) is 11.1 Å². The summed E-state index contributed by atoms with van der Waals surface area (Å²) in [5, 5.41) is 2.67.